The van der Waals surface area contributed by atoms with E-state index in [4.69, 9.17) is 10.5 Å². The SMILES string of the molecule is COc1cc(C(N)C2CCCc3cccnc32)ccc1F. The van der Waals surface area contributed by atoms with Crippen molar-refractivity contribution in [3.8, 4) is 5.75 Å². The molecular formula is C17H19FN2O. The predicted molar refractivity (Wildman–Crippen MR) is 79.8 cm³/mol. The van der Waals surface area contributed by atoms with Crippen LogP contribution in [-0.4, -0.2) is 12.1 Å². The molecule has 0 aliphatic heterocycles. The number of ether oxygens (including phenoxy) is 1. The van der Waals surface area contributed by atoms with Crippen molar-refractivity contribution < 1.29 is 9.13 Å². The van der Waals surface area contributed by atoms with E-state index in [1.165, 1.54) is 18.7 Å². The molecule has 1 heterocycles. The lowest BCUT2D eigenvalue weighted by atomic mass is 9.80. The lowest BCUT2D eigenvalue weighted by molar-refractivity contribution is 0.384. The van der Waals surface area contributed by atoms with Gasteiger partial charge < -0.3 is 10.5 Å². The first-order chi connectivity index (χ1) is 10.2. The Balaban J connectivity index is 1.94. The molecule has 0 saturated heterocycles. The highest BCUT2D eigenvalue weighted by molar-refractivity contribution is 5.36. The zero-order chi connectivity index (χ0) is 14.8. The van der Waals surface area contributed by atoms with Gasteiger partial charge in [0, 0.05) is 23.9 Å². The smallest absolute Gasteiger partial charge is 0.165 e. The zero-order valence-electron chi connectivity index (χ0n) is 12.1. The fourth-order valence-corrected chi connectivity index (χ4v) is 3.11. The molecule has 0 radical (unpaired) electrons. The van der Waals surface area contributed by atoms with Gasteiger partial charge in [0.05, 0.1) is 7.11 Å². The van der Waals surface area contributed by atoms with Gasteiger partial charge in [-0.25, -0.2) is 4.39 Å². The van der Waals surface area contributed by atoms with Crippen LogP contribution in [0, 0.1) is 5.82 Å². The van der Waals surface area contributed by atoms with E-state index in [0.29, 0.717) is 0 Å². The van der Waals surface area contributed by atoms with Crippen molar-refractivity contribution in [1.29, 1.82) is 0 Å². The van der Waals surface area contributed by atoms with Crippen LogP contribution in [0.1, 0.15) is 41.6 Å². The molecule has 2 unspecified atom stereocenters. The number of nitrogens with two attached hydrogens (primary N) is 1. The second-order valence-corrected chi connectivity index (χ2v) is 5.47. The summed E-state index contributed by atoms with van der Waals surface area (Å²) in [5.41, 5.74) is 9.69. The zero-order valence-corrected chi connectivity index (χ0v) is 12.1. The van der Waals surface area contributed by atoms with Crippen LogP contribution in [0.5, 0.6) is 5.75 Å². The molecule has 1 aromatic carbocycles. The maximum absolute atomic E-state index is 13.5. The van der Waals surface area contributed by atoms with Gasteiger partial charge in [-0.2, -0.15) is 0 Å². The molecule has 4 heteroatoms. The molecule has 2 atom stereocenters. The van der Waals surface area contributed by atoms with E-state index in [1.54, 1.807) is 12.1 Å². The summed E-state index contributed by atoms with van der Waals surface area (Å²) in [6, 6.07) is 8.72. The van der Waals surface area contributed by atoms with E-state index in [0.717, 1.165) is 30.5 Å². The van der Waals surface area contributed by atoms with Crippen molar-refractivity contribution in [2.24, 2.45) is 5.73 Å². The molecule has 2 aromatic rings. The van der Waals surface area contributed by atoms with E-state index in [1.807, 2.05) is 12.3 Å². The average Bonchev–Trinajstić information content (AvgIpc) is 2.54. The maximum atomic E-state index is 13.5. The number of benzene rings is 1. The first-order valence-electron chi connectivity index (χ1n) is 7.23. The van der Waals surface area contributed by atoms with E-state index in [2.05, 4.69) is 11.1 Å². The van der Waals surface area contributed by atoms with E-state index in [9.17, 15) is 4.39 Å². The number of hydrogen-bond donors (Lipinski definition) is 1. The molecule has 1 aliphatic carbocycles. The number of halogens is 1. The second kappa shape index (κ2) is 5.82. The molecule has 1 aromatic heterocycles. The first kappa shape index (κ1) is 14.0. The van der Waals surface area contributed by atoms with E-state index in [-0.39, 0.29) is 23.5 Å². The number of nitrogens with zero attached hydrogens (tertiary/aromatic N) is 1. The predicted octanol–water partition coefficient (Wildman–Crippen LogP) is 3.35. The van der Waals surface area contributed by atoms with E-state index < -0.39 is 0 Å². The van der Waals surface area contributed by atoms with Gasteiger partial charge in [-0.05, 0) is 48.6 Å². The summed E-state index contributed by atoms with van der Waals surface area (Å²) in [4.78, 5) is 4.52. The van der Waals surface area contributed by atoms with Gasteiger partial charge in [-0.15, -0.1) is 0 Å². The molecule has 2 N–H and O–H groups in total. The van der Waals surface area contributed by atoms with Crippen LogP contribution >= 0.6 is 0 Å². The Hall–Kier alpha value is -1.94. The molecule has 3 rings (SSSR count). The topological polar surface area (TPSA) is 48.1 Å². The highest BCUT2D eigenvalue weighted by atomic mass is 19.1. The number of pyridine rings is 1. The van der Waals surface area contributed by atoms with Crippen molar-refractivity contribution in [1.82, 2.24) is 4.98 Å². The lowest BCUT2D eigenvalue weighted by Gasteiger charge is -2.29. The highest BCUT2D eigenvalue weighted by Crippen LogP contribution is 2.38. The number of methoxy groups -OCH3 is 1. The van der Waals surface area contributed by atoms with Crippen molar-refractivity contribution in [3.63, 3.8) is 0 Å². The van der Waals surface area contributed by atoms with Gasteiger partial charge in [-0.3, -0.25) is 4.98 Å². The second-order valence-electron chi connectivity index (χ2n) is 5.47. The number of fused-ring (bicyclic) bond motifs is 1. The van der Waals surface area contributed by atoms with Gasteiger partial charge in [0.1, 0.15) is 0 Å². The number of aromatic nitrogens is 1. The number of hydrogen-bond acceptors (Lipinski definition) is 3. The largest absolute Gasteiger partial charge is 0.494 e. The third-order valence-corrected chi connectivity index (χ3v) is 4.23. The van der Waals surface area contributed by atoms with Gasteiger partial charge in [0.25, 0.3) is 0 Å². The maximum Gasteiger partial charge on any atom is 0.165 e. The van der Waals surface area contributed by atoms with Crippen LogP contribution in [0.15, 0.2) is 36.5 Å². The summed E-state index contributed by atoms with van der Waals surface area (Å²) < 4.78 is 18.6. The van der Waals surface area contributed by atoms with Crippen LogP contribution in [0.4, 0.5) is 4.39 Å². The Kier molecular flexibility index (Phi) is 3.88. The third-order valence-electron chi connectivity index (χ3n) is 4.23. The molecule has 0 spiro atoms. The summed E-state index contributed by atoms with van der Waals surface area (Å²) in [6.07, 6.45) is 4.98. The summed E-state index contributed by atoms with van der Waals surface area (Å²) in [5, 5.41) is 0. The van der Waals surface area contributed by atoms with E-state index >= 15 is 0 Å². The van der Waals surface area contributed by atoms with Crippen molar-refractivity contribution in [2.45, 2.75) is 31.2 Å². The fraction of sp³-hybridized carbons (Fsp3) is 0.353. The minimum Gasteiger partial charge on any atom is -0.494 e. The number of rotatable bonds is 3. The molecule has 0 amide bonds. The van der Waals surface area contributed by atoms with Gasteiger partial charge >= 0.3 is 0 Å². The average molecular weight is 286 g/mol. The molecule has 110 valence electrons. The van der Waals surface area contributed by atoms with Crippen LogP contribution in [0.2, 0.25) is 0 Å². The molecule has 0 saturated carbocycles. The van der Waals surface area contributed by atoms with Gasteiger partial charge in [-0.1, -0.05) is 12.1 Å². The molecule has 21 heavy (non-hydrogen) atoms. The molecule has 0 bridgehead atoms. The van der Waals surface area contributed by atoms with Crippen molar-refractivity contribution >= 4 is 0 Å². The molecular weight excluding hydrogens is 267 g/mol. The lowest BCUT2D eigenvalue weighted by Crippen LogP contribution is -2.24. The Morgan fingerprint density at radius 2 is 2.24 bits per heavy atom. The highest BCUT2D eigenvalue weighted by Gasteiger charge is 2.28. The van der Waals surface area contributed by atoms with Crippen LogP contribution in [0.25, 0.3) is 0 Å². The minimum absolute atomic E-state index is 0.171. The Labute approximate surface area is 124 Å². The third kappa shape index (κ3) is 2.63. The quantitative estimate of drug-likeness (QED) is 0.941. The Bertz CT molecular complexity index is 644. The molecule has 3 nitrogen and oxygen atoms in total. The van der Waals surface area contributed by atoms with Crippen LogP contribution < -0.4 is 10.5 Å². The van der Waals surface area contributed by atoms with Crippen molar-refractivity contribution in [3.05, 3.63) is 59.2 Å². The summed E-state index contributed by atoms with van der Waals surface area (Å²) in [7, 11) is 1.46. The number of aryl methyl sites for hydroxylation is 1. The van der Waals surface area contributed by atoms with Crippen LogP contribution in [0.3, 0.4) is 0 Å². The van der Waals surface area contributed by atoms with Gasteiger partial charge in [0.15, 0.2) is 11.6 Å². The standard InChI is InChI=1S/C17H19FN2O/c1-21-15-10-12(7-8-14(15)18)16(19)13-6-2-4-11-5-3-9-20-17(11)13/h3,5,7-10,13,16H,2,4,6,19H2,1H3. The van der Waals surface area contributed by atoms with Crippen molar-refractivity contribution in [2.75, 3.05) is 7.11 Å². The Morgan fingerprint density at radius 3 is 3.05 bits per heavy atom. The fourth-order valence-electron chi connectivity index (χ4n) is 3.11. The van der Waals surface area contributed by atoms with Crippen LogP contribution in [-0.2, 0) is 6.42 Å². The first-order valence-corrected chi connectivity index (χ1v) is 7.23. The summed E-state index contributed by atoms with van der Waals surface area (Å²) in [6.45, 7) is 0. The summed E-state index contributed by atoms with van der Waals surface area (Å²) in [5.74, 6) is 0.0424. The molecule has 1 aliphatic rings. The monoisotopic (exact) mass is 286 g/mol. The summed E-state index contributed by atoms with van der Waals surface area (Å²) >= 11 is 0. The normalized spacial score (nSPS) is 18.9. The Morgan fingerprint density at radius 1 is 1.38 bits per heavy atom. The molecule has 0 fully saturated rings. The van der Waals surface area contributed by atoms with Gasteiger partial charge in [0.2, 0.25) is 0 Å². The minimum atomic E-state index is -0.365.